The van der Waals surface area contributed by atoms with E-state index in [4.69, 9.17) is 22.0 Å². The maximum absolute atomic E-state index is 12.1. The van der Waals surface area contributed by atoms with Crippen LogP contribution in [0.5, 0.6) is 0 Å². The summed E-state index contributed by atoms with van der Waals surface area (Å²) < 4.78 is 12.1. The molecule has 0 heterocycles. The molecule has 0 aliphatic heterocycles. The van der Waals surface area contributed by atoms with Crippen LogP contribution < -0.4 is 5.73 Å². The Morgan fingerprint density at radius 3 is 2.71 bits per heavy atom. The lowest BCUT2D eigenvalue weighted by atomic mass is 9.82. The van der Waals surface area contributed by atoms with Crippen molar-refractivity contribution >= 4 is 19.7 Å². The standard InChI is InChI=1S/C12H21NO2S2/c1-3-9-7-10(17(15,16)4-2)5-6-11(9)12(13)8-14/h5-7,9,11-12,14H,3-4,8,13H2,1-2H3/t9?,11?,12-,17?/m0/s1. The SMILES string of the molecule is CCC1C=C(S(=O)(=S)CC)C=CC1[C@@H](N)CO. The van der Waals surface area contributed by atoms with Gasteiger partial charge < -0.3 is 10.8 Å². The monoisotopic (exact) mass is 275 g/mol. The molecule has 1 rings (SSSR count). The molecule has 5 heteroatoms. The molecule has 0 spiro atoms. The van der Waals surface area contributed by atoms with Gasteiger partial charge >= 0.3 is 0 Å². The number of aliphatic hydroxyl groups is 1. The molecule has 1 aliphatic rings. The molecule has 17 heavy (non-hydrogen) atoms. The Balaban J connectivity index is 2.98. The van der Waals surface area contributed by atoms with Crippen LogP contribution in [0.15, 0.2) is 23.1 Å². The van der Waals surface area contributed by atoms with E-state index in [9.17, 15) is 4.21 Å². The van der Waals surface area contributed by atoms with Crippen LogP contribution in [0.3, 0.4) is 0 Å². The summed E-state index contributed by atoms with van der Waals surface area (Å²) in [6.45, 7) is 3.87. The van der Waals surface area contributed by atoms with Crippen LogP contribution in [-0.4, -0.2) is 27.7 Å². The van der Waals surface area contributed by atoms with Gasteiger partial charge in [-0.25, -0.2) is 0 Å². The van der Waals surface area contributed by atoms with Crippen LogP contribution in [-0.2, 0) is 19.7 Å². The lowest BCUT2D eigenvalue weighted by molar-refractivity contribution is 0.222. The molecule has 3 nitrogen and oxygen atoms in total. The van der Waals surface area contributed by atoms with Crippen LogP contribution >= 0.6 is 0 Å². The highest BCUT2D eigenvalue weighted by Gasteiger charge is 2.26. The summed E-state index contributed by atoms with van der Waals surface area (Å²) in [5.41, 5.74) is 5.87. The van der Waals surface area contributed by atoms with E-state index in [0.717, 1.165) is 11.3 Å². The molecule has 3 unspecified atom stereocenters. The molecule has 98 valence electrons. The highest BCUT2D eigenvalue weighted by atomic mass is 32.8. The van der Waals surface area contributed by atoms with Gasteiger partial charge in [0.15, 0.2) is 0 Å². The largest absolute Gasteiger partial charge is 0.395 e. The Morgan fingerprint density at radius 1 is 1.59 bits per heavy atom. The van der Waals surface area contributed by atoms with Gasteiger partial charge in [0, 0.05) is 22.6 Å². The lowest BCUT2D eigenvalue weighted by Gasteiger charge is -2.29. The number of nitrogens with two attached hydrogens (primary N) is 1. The predicted molar refractivity (Wildman–Crippen MR) is 75.6 cm³/mol. The van der Waals surface area contributed by atoms with Gasteiger partial charge in [0.1, 0.15) is 0 Å². The molecule has 0 fully saturated rings. The first kappa shape index (κ1) is 14.8. The van der Waals surface area contributed by atoms with E-state index in [0.29, 0.717) is 5.75 Å². The van der Waals surface area contributed by atoms with Crippen molar-refractivity contribution in [3.05, 3.63) is 23.1 Å². The number of allylic oxidation sites excluding steroid dienone is 2. The highest BCUT2D eigenvalue weighted by molar-refractivity contribution is 8.35. The molecule has 0 bridgehead atoms. The van der Waals surface area contributed by atoms with E-state index in [1.165, 1.54) is 0 Å². The Morgan fingerprint density at radius 2 is 2.24 bits per heavy atom. The number of rotatable bonds is 5. The van der Waals surface area contributed by atoms with Crippen molar-refractivity contribution < 1.29 is 9.32 Å². The van der Waals surface area contributed by atoms with Crippen molar-refractivity contribution in [2.45, 2.75) is 26.3 Å². The normalized spacial score (nSPS) is 29.5. The molecule has 0 amide bonds. The first-order valence-corrected chi connectivity index (χ1v) is 8.60. The fraction of sp³-hybridized carbons (Fsp3) is 0.667. The zero-order chi connectivity index (χ0) is 13.1. The van der Waals surface area contributed by atoms with Crippen molar-refractivity contribution in [2.24, 2.45) is 17.6 Å². The third kappa shape index (κ3) is 3.37. The van der Waals surface area contributed by atoms with Gasteiger partial charge in [-0.15, -0.1) is 0 Å². The fourth-order valence-corrected chi connectivity index (χ4v) is 3.41. The van der Waals surface area contributed by atoms with Gasteiger partial charge in [0.2, 0.25) is 0 Å². The maximum Gasteiger partial charge on any atom is 0.0588 e. The first-order valence-electron chi connectivity index (χ1n) is 5.95. The topological polar surface area (TPSA) is 63.3 Å². The molecule has 0 saturated carbocycles. The van der Waals surface area contributed by atoms with Crippen molar-refractivity contribution in [1.29, 1.82) is 0 Å². The molecular formula is C12H21NO2S2. The Bertz CT molecular complexity index is 412. The fourth-order valence-electron chi connectivity index (χ4n) is 2.07. The van der Waals surface area contributed by atoms with Gasteiger partial charge in [0.05, 0.1) is 15.1 Å². The van der Waals surface area contributed by atoms with Gasteiger partial charge in [-0.3, -0.25) is 4.21 Å². The molecule has 0 aromatic heterocycles. The van der Waals surface area contributed by atoms with Crippen molar-refractivity contribution in [3.8, 4) is 0 Å². The molecule has 4 atom stereocenters. The molecule has 3 N–H and O–H groups in total. The molecule has 0 aromatic carbocycles. The van der Waals surface area contributed by atoms with E-state index in [2.05, 4.69) is 6.92 Å². The van der Waals surface area contributed by atoms with Crippen LogP contribution in [0.1, 0.15) is 20.3 Å². The summed E-state index contributed by atoms with van der Waals surface area (Å²) in [5, 5.41) is 9.12. The lowest BCUT2D eigenvalue weighted by Crippen LogP contribution is -2.37. The maximum atomic E-state index is 12.1. The quantitative estimate of drug-likeness (QED) is 0.790. The van der Waals surface area contributed by atoms with Gasteiger partial charge in [-0.05, 0) is 29.6 Å². The van der Waals surface area contributed by atoms with Gasteiger partial charge in [-0.2, -0.15) is 0 Å². The number of aliphatic hydroxyl groups excluding tert-OH is 1. The summed E-state index contributed by atoms with van der Waals surface area (Å²) in [6.07, 6.45) is 6.66. The summed E-state index contributed by atoms with van der Waals surface area (Å²) in [4.78, 5) is 0.753. The first-order chi connectivity index (χ1) is 7.96. The van der Waals surface area contributed by atoms with Crippen LogP contribution in [0.25, 0.3) is 0 Å². The molecule has 0 saturated heterocycles. The van der Waals surface area contributed by atoms with E-state index < -0.39 is 8.49 Å². The smallest absolute Gasteiger partial charge is 0.0588 e. The zero-order valence-corrected chi connectivity index (χ0v) is 12.0. The third-order valence-electron chi connectivity index (χ3n) is 3.27. The minimum Gasteiger partial charge on any atom is -0.395 e. The van der Waals surface area contributed by atoms with E-state index in [-0.39, 0.29) is 24.5 Å². The Kier molecular flexibility index (Phi) is 5.31. The summed E-state index contributed by atoms with van der Waals surface area (Å²) in [5.74, 6) is 0.800. The van der Waals surface area contributed by atoms with Gasteiger partial charge in [-0.1, -0.05) is 26.0 Å². The zero-order valence-electron chi connectivity index (χ0n) is 10.3. The highest BCUT2D eigenvalue weighted by Crippen LogP contribution is 2.30. The Labute approximate surface area is 108 Å². The van der Waals surface area contributed by atoms with Crippen molar-refractivity contribution in [1.82, 2.24) is 0 Å². The summed E-state index contributed by atoms with van der Waals surface area (Å²) in [7, 11) is -2.32. The summed E-state index contributed by atoms with van der Waals surface area (Å²) >= 11 is 5.13. The molecule has 0 radical (unpaired) electrons. The third-order valence-corrected chi connectivity index (χ3v) is 6.31. The average Bonchev–Trinajstić information content (AvgIpc) is 2.36. The van der Waals surface area contributed by atoms with E-state index in [1.807, 2.05) is 25.2 Å². The van der Waals surface area contributed by atoms with Crippen LogP contribution in [0, 0.1) is 11.8 Å². The second kappa shape index (κ2) is 6.09. The molecular weight excluding hydrogens is 254 g/mol. The predicted octanol–water partition coefficient (Wildman–Crippen LogP) is 1.17. The van der Waals surface area contributed by atoms with Crippen molar-refractivity contribution in [3.63, 3.8) is 0 Å². The van der Waals surface area contributed by atoms with E-state index >= 15 is 0 Å². The van der Waals surface area contributed by atoms with Gasteiger partial charge in [0.25, 0.3) is 0 Å². The molecule has 1 aliphatic carbocycles. The summed E-state index contributed by atoms with van der Waals surface area (Å²) in [6, 6.07) is -0.267. The molecule has 0 aromatic rings. The minimum atomic E-state index is -2.32. The average molecular weight is 275 g/mol. The number of hydrogen-bond acceptors (Lipinski definition) is 4. The number of hydrogen-bond donors (Lipinski definition) is 2. The van der Waals surface area contributed by atoms with E-state index in [1.54, 1.807) is 0 Å². The van der Waals surface area contributed by atoms with Crippen LogP contribution in [0.4, 0.5) is 0 Å². The van der Waals surface area contributed by atoms with Crippen molar-refractivity contribution in [2.75, 3.05) is 12.4 Å². The second-order valence-corrected chi connectivity index (χ2v) is 8.22. The minimum absolute atomic E-state index is 0.0360. The Hall–Kier alpha value is -0.230. The van der Waals surface area contributed by atoms with Crippen LogP contribution in [0.2, 0.25) is 0 Å². The second-order valence-electron chi connectivity index (χ2n) is 4.33.